The predicted octanol–water partition coefficient (Wildman–Crippen LogP) is 13.2. The number of hydrogen-bond donors (Lipinski definition) is 0. The second-order valence-corrected chi connectivity index (χ2v) is 17.5. The Morgan fingerprint density at radius 3 is 1.22 bits per heavy atom. The molecule has 2 aliphatic heterocycles. The van der Waals surface area contributed by atoms with Gasteiger partial charge in [0.25, 0.3) is 0 Å². The summed E-state index contributed by atoms with van der Waals surface area (Å²) >= 11 is 24.9. The maximum absolute atomic E-state index is 13.6. The van der Waals surface area contributed by atoms with Crippen LogP contribution < -0.4 is 0 Å². The van der Waals surface area contributed by atoms with E-state index in [4.69, 9.17) is 46.4 Å². The Balaban J connectivity index is 0.000000228. The molecular formula is C50H54Cl4N2O4. The third-order valence-electron chi connectivity index (χ3n) is 11.9. The Bertz CT molecular complexity index is 2000. The molecule has 60 heavy (non-hydrogen) atoms. The SMILES string of the molecule is C=CC[C@@H]1C[C@H](c2cccc(Cl)c2)C(c2ccc(Cl)cc2)N([C@@H](CC)C(C)=O)C1=O.C=CC[C@H]1C[C@H](c2cccc(Cl)c2)C(c2ccc(Cl)cc2)N([C@@H](CC)C(C)=O)C1=O. The summed E-state index contributed by atoms with van der Waals surface area (Å²) in [5.74, 6) is -0.429. The average Bonchev–Trinajstić information content (AvgIpc) is 3.22. The molecule has 2 unspecified atom stereocenters. The van der Waals surface area contributed by atoms with Crippen molar-refractivity contribution in [2.45, 2.75) is 102 Å². The number of carbonyl (C=O) groups excluding carboxylic acids is 4. The maximum atomic E-state index is 13.6. The van der Waals surface area contributed by atoms with Crippen LogP contribution in [0.1, 0.15) is 112 Å². The van der Waals surface area contributed by atoms with E-state index in [-0.39, 0.29) is 59.1 Å². The van der Waals surface area contributed by atoms with Gasteiger partial charge in [0.15, 0.2) is 11.6 Å². The number of ketones is 2. The monoisotopic (exact) mass is 886 g/mol. The number of allylic oxidation sites excluding steroid dienone is 2. The fourth-order valence-corrected chi connectivity index (χ4v) is 9.87. The zero-order chi connectivity index (χ0) is 43.7. The average molecular weight is 889 g/mol. The van der Waals surface area contributed by atoms with Crippen LogP contribution in [0.5, 0.6) is 0 Å². The first kappa shape index (κ1) is 46.9. The highest BCUT2D eigenvalue weighted by Crippen LogP contribution is 2.49. The van der Waals surface area contributed by atoms with Crippen molar-refractivity contribution >= 4 is 69.8 Å². The van der Waals surface area contributed by atoms with Gasteiger partial charge in [0, 0.05) is 43.8 Å². The van der Waals surface area contributed by atoms with Gasteiger partial charge in [-0.2, -0.15) is 0 Å². The molecule has 0 radical (unpaired) electrons. The molecule has 10 heteroatoms. The number of rotatable bonds is 14. The van der Waals surface area contributed by atoms with E-state index < -0.39 is 12.1 Å². The molecule has 2 fully saturated rings. The van der Waals surface area contributed by atoms with Gasteiger partial charge in [-0.3, -0.25) is 19.2 Å². The second-order valence-electron chi connectivity index (χ2n) is 15.8. The van der Waals surface area contributed by atoms with Gasteiger partial charge in [-0.15, -0.1) is 13.2 Å². The molecule has 8 atom stereocenters. The van der Waals surface area contributed by atoms with Crippen LogP contribution in [-0.4, -0.2) is 45.3 Å². The lowest BCUT2D eigenvalue weighted by molar-refractivity contribution is -0.151. The zero-order valence-electron chi connectivity index (χ0n) is 34.7. The quantitative estimate of drug-likeness (QED) is 0.118. The van der Waals surface area contributed by atoms with E-state index in [0.29, 0.717) is 58.6 Å². The van der Waals surface area contributed by atoms with Crippen LogP contribution in [0.2, 0.25) is 20.1 Å². The summed E-state index contributed by atoms with van der Waals surface area (Å²) in [6, 6.07) is 29.2. The van der Waals surface area contributed by atoms with E-state index in [1.807, 2.05) is 121 Å². The Morgan fingerprint density at radius 1 is 0.583 bits per heavy atom. The smallest absolute Gasteiger partial charge is 0.227 e. The molecule has 2 amide bonds. The Morgan fingerprint density at radius 2 is 0.933 bits per heavy atom. The summed E-state index contributed by atoms with van der Waals surface area (Å²) < 4.78 is 0. The lowest BCUT2D eigenvalue weighted by atomic mass is 9.74. The van der Waals surface area contributed by atoms with E-state index in [9.17, 15) is 19.2 Å². The van der Waals surface area contributed by atoms with Gasteiger partial charge in [0.2, 0.25) is 11.8 Å². The molecule has 0 bridgehead atoms. The first-order chi connectivity index (χ1) is 28.7. The lowest BCUT2D eigenvalue weighted by Crippen LogP contribution is -2.53. The van der Waals surface area contributed by atoms with Crippen molar-refractivity contribution < 1.29 is 19.2 Å². The van der Waals surface area contributed by atoms with Gasteiger partial charge in [0.05, 0.1) is 24.2 Å². The molecule has 0 aliphatic carbocycles. The summed E-state index contributed by atoms with van der Waals surface area (Å²) in [5.41, 5.74) is 4.06. The maximum Gasteiger partial charge on any atom is 0.227 e. The van der Waals surface area contributed by atoms with Gasteiger partial charge in [-0.25, -0.2) is 0 Å². The van der Waals surface area contributed by atoms with Crippen molar-refractivity contribution in [2.24, 2.45) is 11.8 Å². The standard InChI is InChI=1S/2C25H27Cl2NO2/c2*1-4-7-19-15-22(18-8-6-9-21(27)14-18)24(17-10-12-20(26)13-11-17)28(25(19)30)23(5-2)16(3)29/h2*4,6,8-14,19,22-24H,1,5,7,15H2,2-3H3/t19-,22+,23-,24?;19-,22-,23+,24?/m01/s1. The first-order valence-electron chi connectivity index (χ1n) is 20.6. The van der Waals surface area contributed by atoms with E-state index in [2.05, 4.69) is 13.2 Å². The molecule has 2 heterocycles. The highest BCUT2D eigenvalue weighted by molar-refractivity contribution is 6.31. The normalized spacial score (nSPS) is 22.6. The number of nitrogens with zero attached hydrogens (tertiary/aromatic N) is 2. The van der Waals surface area contributed by atoms with E-state index >= 15 is 0 Å². The Labute approximate surface area is 375 Å². The van der Waals surface area contributed by atoms with Crippen molar-refractivity contribution in [1.29, 1.82) is 0 Å². The van der Waals surface area contributed by atoms with Crippen LogP contribution >= 0.6 is 46.4 Å². The number of piperidine rings is 2. The van der Waals surface area contributed by atoms with Crippen molar-refractivity contribution in [3.05, 3.63) is 165 Å². The fraction of sp³-hybridized carbons (Fsp3) is 0.360. The second kappa shape index (κ2) is 21.5. The fourth-order valence-electron chi connectivity index (χ4n) is 9.22. The van der Waals surface area contributed by atoms with Crippen LogP contribution in [-0.2, 0) is 19.2 Å². The number of carbonyl (C=O) groups is 4. The number of likely N-dealkylation sites (tertiary alicyclic amines) is 2. The molecule has 0 spiro atoms. The number of benzene rings is 4. The number of amides is 2. The highest BCUT2D eigenvalue weighted by Gasteiger charge is 2.47. The number of Topliss-reactive ketones (excluding diaryl/α,β-unsaturated/α-hetero) is 2. The molecule has 4 aromatic rings. The first-order valence-corrected chi connectivity index (χ1v) is 22.1. The van der Waals surface area contributed by atoms with Crippen LogP contribution in [0.4, 0.5) is 0 Å². The van der Waals surface area contributed by atoms with Crippen molar-refractivity contribution in [1.82, 2.24) is 9.80 Å². The number of halogens is 4. The Hall–Kier alpha value is -4.20. The predicted molar refractivity (Wildman–Crippen MR) is 246 cm³/mol. The minimum atomic E-state index is -0.479. The van der Waals surface area contributed by atoms with Gasteiger partial charge in [0.1, 0.15) is 0 Å². The largest absolute Gasteiger partial charge is 0.325 e. The summed E-state index contributed by atoms with van der Waals surface area (Å²) in [4.78, 5) is 55.9. The molecule has 316 valence electrons. The van der Waals surface area contributed by atoms with E-state index in [0.717, 1.165) is 22.3 Å². The van der Waals surface area contributed by atoms with Crippen molar-refractivity contribution in [3.8, 4) is 0 Å². The third-order valence-corrected chi connectivity index (χ3v) is 12.9. The number of hydrogen-bond acceptors (Lipinski definition) is 4. The Kier molecular flexibility index (Phi) is 16.8. The molecular weight excluding hydrogens is 834 g/mol. The molecule has 0 N–H and O–H groups in total. The summed E-state index contributed by atoms with van der Waals surface area (Å²) in [6.07, 6.45) is 7.19. The minimum absolute atomic E-state index is 0.000857. The molecule has 0 saturated carbocycles. The van der Waals surface area contributed by atoms with Gasteiger partial charge >= 0.3 is 0 Å². The van der Waals surface area contributed by atoms with Crippen LogP contribution in [0.15, 0.2) is 122 Å². The van der Waals surface area contributed by atoms with Crippen LogP contribution in [0.3, 0.4) is 0 Å². The van der Waals surface area contributed by atoms with Crippen molar-refractivity contribution in [2.75, 3.05) is 0 Å². The van der Waals surface area contributed by atoms with Crippen LogP contribution in [0, 0.1) is 11.8 Å². The highest BCUT2D eigenvalue weighted by atomic mass is 35.5. The molecule has 0 aromatic heterocycles. The van der Waals surface area contributed by atoms with Gasteiger partial charge in [-0.05, 0) is 123 Å². The van der Waals surface area contributed by atoms with Gasteiger partial charge in [-0.1, -0.05) is 121 Å². The molecule has 2 saturated heterocycles. The summed E-state index contributed by atoms with van der Waals surface area (Å²) in [7, 11) is 0. The summed E-state index contributed by atoms with van der Waals surface area (Å²) in [5, 5.41) is 2.58. The van der Waals surface area contributed by atoms with Crippen LogP contribution in [0.25, 0.3) is 0 Å². The van der Waals surface area contributed by atoms with Crippen molar-refractivity contribution in [3.63, 3.8) is 0 Å². The molecule has 2 aliphatic rings. The van der Waals surface area contributed by atoms with E-state index in [1.165, 1.54) is 0 Å². The minimum Gasteiger partial charge on any atom is -0.325 e. The molecule has 6 rings (SSSR count). The molecule has 4 aromatic carbocycles. The topological polar surface area (TPSA) is 74.8 Å². The van der Waals surface area contributed by atoms with E-state index in [1.54, 1.807) is 26.0 Å². The molecule has 6 nitrogen and oxygen atoms in total. The van der Waals surface area contributed by atoms with Gasteiger partial charge < -0.3 is 9.80 Å². The third kappa shape index (κ3) is 10.8. The summed E-state index contributed by atoms with van der Waals surface area (Å²) in [6.45, 7) is 14.7. The lowest BCUT2D eigenvalue weighted by Gasteiger charge is -2.47. The zero-order valence-corrected chi connectivity index (χ0v) is 37.7.